The van der Waals surface area contributed by atoms with Crippen LogP contribution in [0.15, 0.2) is 115 Å². The lowest BCUT2D eigenvalue weighted by Gasteiger charge is -2.51. The summed E-state index contributed by atoms with van der Waals surface area (Å²) in [5.74, 6) is -2.06. The normalized spacial score (nSPS) is 19.6. The van der Waals surface area contributed by atoms with Crippen molar-refractivity contribution in [3.05, 3.63) is 137 Å². The fourth-order valence-electron chi connectivity index (χ4n) is 5.03. The highest BCUT2D eigenvalue weighted by molar-refractivity contribution is 9.11. The summed E-state index contributed by atoms with van der Waals surface area (Å²) >= 11 is 14.2. The molecule has 200 valence electrons. The van der Waals surface area contributed by atoms with Crippen LogP contribution in [0.5, 0.6) is 0 Å². The monoisotopic (exact) mass is 776 g/mol. The predicted molar refractivity (Wildman–Crippen MR) is 164 cm³/mol. The van der Waals surface area contributed by atoms with Gasteiger partial charge in [0.1, 0.15) is 0 Å². The minimum Gasteiger partial charge on any atom is -0.341 e. The molecule has 0 unspecified atom stereocenters. The molecule has 39 heavy (non-hydrogen) atoms. The second kappa shape index (κ2) is 11.1. The highest BCUT2D eigenvalue weighted by Crippen LogP contribution is 2.48. The van der Waals surface area contributed by atoms with Crippen LogP contribution in [0.4, 0.5) is 0 Å². The first-order valence-corrected chi connectivity index (χ1v) is 15.6. The molecule has 2 fully saturated rings. The fourth-order valence-corrected chi connectivity index (χ4v) is 6.09. The van der Waals surface area contributed by atoms with Crippen LogP contribution < -0.4 is 0 Å². The zero-order valence-electron chi connectivity index (χ0n) is 20.7. The largest absolute Gasteiger partial charge is 0.341 e. The van der Waals surface area contributed by atoms with Crippen LogP contribution in [0.25, 0.3) is 0 Å². The molecule has 2 aliphatic rings. The van der Waals surface area contributed by atoms with Gasteiger partial charge in [0.2, 0.25) is 11.6 Å². The SMILES string of the molecule is Brc1ccc(C2(c3ccc(Br)cc3)OCC3(CO2)COC(c2ccc(Br)cc2)(c2ccc(Br)cc2)OC3)cc1. The number of halogens is 4. The van der Waals surface area contributed by atoms with Crippen molar-refractivity contribution in [1.29, 1.82) is 0 Å². The van der Waals surface area contributed by atoms with Crippen LogP contribution in [0.2, 0.25) is 0 Å². The lowest BCUT2D eigenvalue weighted by molar-refractivity contribution is -0.357. The Hall–Kier alpha value is -1.36. The van der Waals surface area contributed by atoms with E-state index in [-0.39, 0.29) is 0 Å². The first-order chi connectivity index (χ1) is 18.8. The third-order valence-corrected chi connectivity index (χ3v) is 9.34. The summed E-state index contributed by atoms with van der Waals surface area (Å²) in [6.07, 6.45) is 0. The molecule has 0 N–H and O–H groups in total. The van der Waals surface area contributed by atoms with E-state index in [1.165, 1.54) is 0 Å². The molecule has 0 radical (unpaired) electrons. The quantitative estimate of drug-likeness (QED) is 0.208. The highest BCUT2D eigenvalue weighted by Gasteiger charge is 2.53. The molecule has 1 spiro atoms. The molecule has 0 amide bonds. The van der Waals surface area contributed by atoms with Gasteiger partial charge in [-0.05, 0) is 48.5 Å². The van der Waals surface area contributed by atoms with Gasteiger partial charge in [-0.25, -0.2) is 0 Å². The summed E-state index contributed by atoms with van der Waals surface area (Å²) in [6, 6.07) is 32.3. The summed E-state index contributed by atoms with van der Waals surface area (Å²) in [4.78, 5) is 0. The van der Waals surface area contributed by atoms with Gasteiger partial charge in [-0.15, -0.1) is 0 Å². The number of ether oxygens (including phenoxy) is 4. The Bertz CT molecular complexity index is 1210. The van der Waals surface area contributed by atoms with Crippen molar-refractivity contribution >= 4 is 63.7 Å². The summed E-state index contributed by atoms with van der Waals surface area (Å²) in [6.45, 7) is 1.65. The Morgan fingerprint density at radius 1 is 0.359 bits per heavy atom. The van der Waals surface area contributed by atoms with Crippen LogP contribution >= 0.6 is 63.7 Å². The van der Waals surface area contributed by atoms with E-state index in [9.17, 15) is 0 Å². The third-order valence-electron chi connectivity index (χ3n) is 7.22. The molecule has 2 heterocycles. The highest BCUT2D eigenvalue weighted by atomic mass is 79.9. The molecule has 4 aromatic rings. The Labute approximate surface area is 261 Å². The van der Waals surface area contributed by atoms with Crippen molar-refractivity contribution < 1.29 is 18.9 Å². The average Bonchev–Trinajstić information content (AvgIpc) is 2.96. The zero-order chi connectivity index (χ0) is 27.1. The Balaban J connectivity index is 1.29. The molecule has 0 saturated carbocycles. The number of rotatable bonds is 4. The lowest BCUT2D eigenvalue weighted by Crippen LogP contribution is -2.57. The molecule has 0 atom stereocenters. The second-order valence-electron chi connectivity index (χ2n) is 9.92. The molecule has 2 aliphatic heterocycles. The van der Waals surface area contributed by atoms with Crippen LogP contribution in [0, 0.1) is 5.41 Å². The maximum absolute atomic E-state index is 6.70. The van der Waals surface area contributed by atoms with Gasteiger partial charge in [0.15, 0.2) is 0 Å². The van der Waals surface area contributed by atoms with E-state index in [4.69, 9.17) is 18.9 Å². The Morgan fingerprint density at radius 3 is 0.769 bits per heavy atom. The maximum atomic E-state index is 6.70. The molecule has 8 heteroatoms. The van der Waals surface area contributed by atoms with E-state index in [0.29, 0.717) is 26.4 Å². The van der Waals surface area contributed by atoms with E-state index in [2.05, 4.69) is 63.7 Å². The molecule has 0 bridgehead atoms. The van der Waals surface area contributed by atoms with Gasteiger partial charge in [0, 0.05) is 40.1 Å². The molecule has 6 rings (SSSR count). The summed E-state index contributed by atoms with van der Waals surface area (Å²) in [7, 11) is 0. The van der Waals surface area contributed by atoms with Crippen LogP contribution in [-0.4, -0.2) is 26.4 Å². The summed E-state index contributed by atoms with van der Waals surface area (Å²) < 4.78 is 30.8. The van der Waals surface area contributed by atoms with E-state index >= 15 is 0 Å². The number of hydrogen-bond donors (Lipinski definition) is 0. The van der Waals surface area contributed by atoms with Crippen molar-refractivity contribution in [2.24, 2.45) is 5.41 Å². The number of benzene rings is 4. The second-order valence-corrected chi connectivity index (χ2v) is 13.6. The molecular formula is C31H24Br4O4. The van der Waals surface area contributed by atoms with Crippen molar-refractivity contribution in [1.82, 2.24) is 0 Å². The van der Waals surface area contributed by atoms with E-state index < -0.39 is 17.0 Å². The first kappa shape index (κ1) is 27.8. The van der Waals surface area contributed by atoms with Crippen molar-refractivity contribution in [2.45, 2.75) is 11.6 Å². The van der Waals surface area contributed by atoms with E-state index in [0.717, 1.165) is 40.1 Å². The van der Waals surface area contributed by atoms with Gasteiger partial charge in [-0.2, -0.15) is 0 Å². The smallest absolute Gasteiger partial charge is 0.222 e. The minimum absolute atomic E-state index is 0.413. The van der Waals surface area contributed by atoms with E-state index in [1.54, 1.807) is 0 Å². The topological polar surface area (TPSA) is 36.9 Å². The van der Waals surface area contributed by atoms with E-state index in [1.807, 2.05) is 97.1 Å². The zero-order valence-corrected chi connectivity index (χ0v) is 27.1. The number of hydrogen-bond acceptors (Lipinski definition) is 4. The van der Waals surface area contributed by atoms with Crippen molar-refractivity contribution in [2.75, 3.05) is 26.4 Å². The molecule has 0 aliphatic carbocycles. The lowest BCUT2D eigenvalue weighted by atomic mass is 9.86. The van der Waals surface area contributed by atoms with Crippen LogP contribution in [0.1, 0.15) is 22.3 Å². The van der Waals surface area contributed by atoms with Crippen LogP contribution in [-0.2, 0) is 30.5 Å². The summed E-state index contributed by atoms with van der Waals surface area (Å²) in [5, 5.41) is 0. The van der Waals surface area contributed by atoms with Gasteiger partial charge < -0.3 is 18.9 Å². The fraction of sp³-hybridized carbons (Fsp3) is 0.226. The van der Waals surface area contributed by atoms with Gasteiger partial charge in [-0.1, -0.05) is 112 Å². The Kier molecular flexibility index (Phi) is 7.94. The average molecular weight is 780 g/mol. The first-order valence-electron chi connectivity index (χ1n) is 12.4. The molecular weight excluding hydrogens is 756 g/mol. The molecule has 4 nitrogen and oxygen atoms in total. The minimum atomic E-state index is -1.03. The Morgan fingerprint density at radius 2 is 0.564 bits per heavy atom. The third kappa shape index (κ3) is 5.35. The maximum Gasteiger partial charge on any atom is 0.222 e. The standard InChI is InChI=1S/C31H24Br4O4/c32-25-9-1-21(2-10-25)30(22-3-11-26(33)12-4-22)36-17-29(18-37-30)19-38-31(39-20-29,23-5-13-27(34)14-6-23)24-7-15-28(35)16-8-24/h1-16H,17-20H2. The van der Waals surface area contributed by atoms with Gasteiger partial charge in [-0.3, -0.25) is 0 Å². The van der Waals surface area contributed by atoms with Gasteiger partial charge >= 0.3 is 0 Å². The summed E-state index contributed by atoms with van der Waals surface area (Å²) in [5.41, 5.74) is 3.26. The molecule has 4 aromatic carbocycles. The molecule has 0 aromatic heterocycles. The van der Waals surface area contributed by atoms with Gasteiger partial charge in [0.25, 0.3) is 0 Å². The molecule has 2 saturated heterocycles. The van der Waals surface area contributed by atoms with Gasteiger partial charge in [0.05, 0.1) is 31.8 Å². The predicted octanol–water partition coefficient (Wildman–Crippen LogP) is 8.92. The van der Waals surface area contributed by atoms with Crippen LogP contribution in [0.3, 0.4) is 0 Å². The van der Waals surface area contributed by atoms with Crippen molar-refractivity contribution in [3.8, 4) is 0 Å². The van der Waals surface area contributed by atoms with Crippen molar-refractivity contribution in [3.63, 3.8) is 0 Å².